The van der Waals surface area contributed by atoms with Crippen molar-refractivity contribution in [2.45, 2.75) is 0 Å². The number of hydrogen-bond acceptors (Lipinski definition) is 4. The van der Waals surface area contributed by atoms with E-state index in [2.05, 4.69) is 10.0 Å². The average molecular weight is 241 g/mol. The summed E-state index contributed by atoms with van der Waals surface area (Å²) in [6, 6.07) is 3.04. The van der Waals surface area contributed by atoms with Gasteiger partial charge in [0.15, 0.2) is 5.78 Å². The van der Waals surface area contributed by atoms with Crippen LogP contribution in [0.25, 0.3) is 26.4 Å². The first-order valence-corrected chi connectivity index (χ1v) is 3.70. The van der Waals surface area contributed by atoms with Crippen LogP contribution >= 0.6 is 0 Å². The fourth-order valence-electron chi connectivity index (χ4n) is 0.728. The van der Waals surface area contributed by atoms with Gasteiger partial charge in [-0.25, -0.2) is 0 Å². The molecule has 17 heavy (non-hydrogen) atoms. The Hall–Kier alpha value is -1.94. The van der Waals surface area contributed by atoms with E-state index in [4.69, 9.17) is 26.3 Å². The summed E-state index contributed by atoms with van der Waals surface area (Å²) >= 11 is 0. The number of ketones is 1. The molecule has 0 amide bonds. The van der Waals surface area contributed by atoms with Crippen molar-refractivity contribution in [3.05, 3.63) is 50.1 Å². The molecule has 0 bridgehead atoms. The molecule has 1 rings (SSSR count). The molecule has 0 unspecified atom stereocenters. The van der Waals surface area contributed by atoms with Crippen LogP contribution in [0.5, 0.6) is 0 Å². The van der Waals surface area contributed by atoms with Gasteiger partial charge in [-0.1, -0.05) is 5.11 Å². The van der Waals surface area contributed by atoms with E-state index in [0.717, 1.165) is 6.26 Å². The first-order chi connectivity index (χ1) is 7.69. The van der Waals surface area contributed by atoms with Gasteiger partial charge in [0.25, 0.3) is 0 Å². The van der Waals surface area contributed by atoms with Crippen molar-refractivity contribution in [3.8, 4) is 6.07 Å². The topological polar surface area (TPSA) is 161 Å². The Morgan fingerprint density at radius 3 is 2.53 bits per heavy atom. The molecule has 0 saturated carbocycles. The molecule has 0 atom stereocenters. The van der Waals surface area contributed by atoms with Crippen LogP contribution in [-0.2, 0) is 0 Å². The predicted octanol–water partition coefficient (Wildman–Crippen LogP) is -0.486. The molecule has 1 heterocycles. The van der Waals surface area contributed by atoms with Crippen molar-refractivity contribution in [1.82, 2.24) is 0 Å². The van der Waals surface area contributed by atoms with E-state index in [9.17, 15) is 4.79 Å². The van der Waals surface area contributed by atoms with Gasteiger partial charge in [0.05, 0.1) is 12.1 Å². The molecule has 1 aromatic heterocycles. The molecule has 0 spiro atoms. The summed E-state index contributed by atoms with van der Waals surface area (Å²) in [5.74, 6) is -0.313. The van der Waals surface area contributed by atoms with Crippen molar-refractivity contribution in [1.29, 1.82) is 5.26 Å². The molecule has 9 nitrogen and oxygen atoms in total. The minimum atomic E-state index is -0.372. The van der Waals surface area contributed by atoms with Gasteiger partial charge in [0.1, 0.15) is 12.3 Å². The third kappa shape index (κ3) is 7.03. The summed E-state index contributed by atoms with van der Waals surface area (Å²) in [6.07, 6.45) is 1.16. The number of furan rings is 1. The number of carbonyl (C=O) groups is 1. The Morgan fingerprint density at radius 1 is 1.53 bits per heavy atom. The number of Topliss-reactive ketones (excluding diaryl/α,β-unsaturated/α-hetero) is 1. The maximum Gasteiger partial charge on any atom is 1.00 e. The molecule has 80 valence electrons. The second-order valence-corrected chi connectivity index (χ2v) is 2.21. The summed E-state index contributed by atoms with van der Waals surface area (Å²) in [4.78, 5) is 15.0. The number of hydrogen-bond donors (Lipinski definition) is 0. The van der Waals surface area contributed by atoms with E-state index in [-0.39, 0.29) is 53.2 Å². The molecule has 0 saturated heterocycles. The maximum atomic E-state index is 11.1. The molecule has 1 aromatic rings. The van der Waals surface area contributed by atoms with E-state index < -0.39 is 0 Å². The quantitative estimate of drug-likeness (QED) is 0.230. The van der Waals surface area contributed by atoms with Crippen molar-refractivity contribution in [3.63, 3.8) is 0 Å². The van der Waals surface area contributed by atoms with Gasteiger partial charge < -0.3 is 15.5 Å². The third-order valence-corrected chi connectivity index (χ3v) is 1.31. The minimum Gasteiger partial charge on any atom is -0.453 e. The molecule has 10 heteroatoms. The molecule has 0 aromatic carbocycles. The fourth-order valence-corrected chi connectivity index (χ4v) is 0.728. The van der Waals surface area contributed by atoms with Crippen LogP contribution in [0.2, 0.25) is 0 Å². The average Bonchev–Trinajstić information content (AvgIpc) is 2.75. The molecule has 0 aliphatic carbocycles. The maximum absolute atomic E-state index is 11.1. The Balaban J connectivity index is 0. The molecule has 0 radical (unpaired) electrons. The van der Waals surface area contributed by atoms with Crippen LogP contribution < -0.4 is 29.6 Å². The van der Waals surface area contributed by atoms with Crippen molar-refractivity contribution in [2.24, 2.45) is 5.11 Å². The second-order valence-electron chi connectivity index (χ2n) is 2.21. The largest absolute Gasteiger partial charge is 1.00 e. The zero-order chi connectivity index (χ0) is 12.4. The van der Waals surface area contributed by atoms with Gasteiger partial charge in [0.2, 0.25) is 5.76 Å². The molecular formula is C7H4N7NaO2. The second kappa shape index (κ2) is 10.6. The monoisotopic (exact) mass is 241 g/mol. The summed E-state index contributed by atoms with van der Waals surface area (Å²) in [5, 5.41) is 11.5. The van der Waals surface area contributed by atoms with E-state index >= 15 is 0 Å². The Morgan fingerprint density at radius 2 is 2.12 bits per heavy atom. The predicted molar refractivity (Wildman–Crippen MR) is 51.8 cm³/mol. The summed E-state index contributed by atoms with van der Waals surface area (Å²) < 4.78 is 4.70. The number of carbonyl (C=O) groups excluding carboxylic acids is 1. The van der Waals surface area contributed by atoms with Crippen LogP contribution in [0.15, 0.2) is 21.9 Å². The van der Waals surface area contributed by atoms with Crippen molar-refractivity contribution < 1.29 is 38.8 Å². The number of azide groups is 1. The van der Waals surface area contributed by atoms with Crippen LogP contribution in [0, 0.1) is 11.3 Å². The van der Waals surface area contributed by atoms with Crippen LogP contribution in [0.4, 0.5) is 0 Å². The summed E-state index contributed by atoms with van der Waals surface area (Å²) in [7, 11) is 0. The number of nitriles is 1. The van der Waals surface area contributed by atoms with Crippen molar-refractivity contribution in [2.75, 3.05) is 6.54 Å². The fraction of sp³-hybridized carbons (Fsp3) is 0.143. The molecule has 0 aliphatic rings. The molecule has 0 N–H and O–H groups in total. The SMILES string of the molecule is N#Cc1cc(C(=O)CN=[N+]=[N-])co1.[N-]=[N+]=[N-].[Na+]. The van der Waals surface area contributed by atoms with Gasteiger partial charge >= 0.3 is 29.6 Å². The van der Waals surface area contributed by atoms with Gasteiger partial charge in [-0.2, -0.15) is 5.26 Å². The van der Waals surface area contributed by atoms with Crippen LogP contribution in [0.3, 0.4) is 0 Å². The zero-order valence-electron chi connectivity index (χ0n) is 8.81. The smallest absolute Gasteiger partial charge is 0.453 e. The van der Waals surface area contributed by atoms with Gasteiger partial charge in [0, 0.05) is 11.0 Å². The van der Waals surface area contributed by atoms with E-state index in [1.165, 1.54) is 11.0 Å². The van der Waals surface area contributed by atoms with Crippen LogP contribution in [-0.4, -0.2) is 12.3 Å². The molecule has 0 fully saturated rings. The minimum absolute atomic E-state index is 0. The Kier molecular flexibility index (Phi) is 10.9. The third-order valence-electron chi connectivity index (χ3n) is 1.31. The standard InChI is InChI=1S/C7H4N4O2.N3.Na/c8-2-6-1-5(4-13-6)7(12)3-10-11-9;1-3-2;/h1,4H,3H2;;/q;-1;+1. The Labute approximate surface area is 117 Å². The number of nitrogens with zero attached hydrogens (tertiary/aromatic N) is 7. The molecule has 0 aliphatic heterocycles. The van der Waals surface area contributed by atoms with E-state index in [1.54, 1.807) is 6.07 Å². The summed E-state index contributed by atoms with van der Waals surface area (Å²) in [5.41, 5.74) is 21.7. The van der Waals surface area contributed by atoms with Crippen molar-refractivity contribution >= 4 is 5.78 Å². The zero-order valence-corrected chi connectivity index (χ0v) is 10.8. The Bertz CT molecular complexity index is 491. The first kappa shape index (κ1) is 17.5. The first-order valence-electron chi connectivity index (χ1n) is 3.70. The van der Waals surface area contributed by atoms with Gasteiger partial charge in [-0.05, 0) is 5.53 Å². The van der Waals surface area contributed by atoms with E-state index in [0.29, 0.717) is 0 Å². The van der Waals surface area contributed by atoms with E-state index in [1.807, 2.05) is 0 Å². The normalized spacial score (nSPS) is 7.00. The van der Waals surface area contributed by atoms with Gasteiger partial charge in [-0.3, -0.25) is 9.71 Å². The number of rotatable bonds is 3. The van der Waals surface area contributed by atoms with Crippen LogP contribution in [0.1, 0.15) is 16.1 Å². The summed E-state index contributed by atoms with van der Waals surface area (Å²) in [6.45, 7) is -0.263. The molecular weight excluding hydrogens is 237 g/mol. The van der Waals surface area contributed by atoms with Gasteiger partial charge in [-0.15, -0.1) is 0 Å².